The minimum absolute atomic E-state index is 0.250. The van der Waals surface area contributed by atoms with Gasteiger partial charge < -0.3 is 4.74 Å². The van der Waals surface area contributed by atoms with Gasteiger partial charge in [-0.3, -0.25) is 0 Å². The van der Waals surface area contributed by atoms with Crippen LogP contribution >= 0.6 is 27.5 Å². The molecule has 1 heterocycles. The topological polar surface area (TPSA) is 35.0 Å². The molecule has 100 valence electrons. The molecule has 0 radical (unpaired) electrons. The third-order valence-corrected chi connectivity index (χ3v) is 3.21. The van der Waals surface area contributed by atoms with Crippen LogP contribution in [0.15, 0.2) is 28.7 Å². The summed E-state index contributed by atoms with van der Waals surface area (Å²) in [6.07, 6.45) is 0. The lowest BCUT2D eigenvalue weighted by Gasteiger charge is -2.07. The Kier molecular flexibility index (Phi) is 4.85. The van der Waals surface area contributed by atoms with Crippen molar-refractivity contribution in [2.45, 2.75) is 13.5 Å². The molecule has 0 unspecified atom stereocenters. The van der Waals surface area contributed by atoms with E-state index in [4.69, 9.17) is 16.3 Å². The summed E-state index contributed by atoms with van der Waals surface area (Å²) in [6, 6.07) is 6.54. The molecule has 6 heteroatoms. The van der Waals surface area contributed by atoms with Crippen molar-refractivity contribution < 1.29 is 9.13 Å². The second-order valence-electron chi connectivity index (χ2n) is 3.73. The molecule has 1 aromatic heterocycles. The van der Waals surface area contributed by atoms with Crippen LogP contribution in [-0.4, -0.2) is 16.6 Å². The van der Waals surface area contributed by atoms with Crippen LogP contribution in [0.1, 0.15) is 12.7 Å². The lowest BCUT2D eigenvalue weighted by atomic mass is 10.1. The van der Waals surface area contributed by atoms with Gasteiger partial charge in [0, 0.05) is 18.2 Å². The zero-order valence-electron chi connectivity index (χ0n) is 10.2. The number of rotatable bonds is 4. The van der Waals surface area contributed by atoms with Gasteiger partial charge in [-0.25, -0.2) is 14.4 Å². The van der Waals surface area contributed by atoms with Gasteiger partial charge in [0.05, 0.1) is 10.2 Å². The number of nitrogens with zero attached hydrogens (tertiary/aromatic N) is 2. The number of aromatic nitrogens is 2. The molecule has 0 aliphatic heterocycles. The van der Waals surface area contributed by atoms with Gasteiger partial charge >= 0.3 is 0 Å². The fourth-order valence-corrected chi connectivity index (χ4v) is 2.13. The predicted octanol–water partition coefficient (Wildman–Crippen LogP) is 4.24. The van der Waals surface area contributed by atoms with E-state index < -0.39 is 0 Å². The molecule has 2 rings (SSSR count). The zero-order valence-corrected chi connectivity index (χ0v) is 12.5. The van der Waals surface area contributed by atoms with E-state index in [2.05, 4.69) is 25.9 Å². The highest BCUT2D eigenvalue weighted by molar-refractivity contribution is 9.10. The minimum Gasteiger partial charge on any atom is -0.374 e. The van der Waals surface area contributed by atoms with E-state index in [0.29, 0.717) is 28.2 Å². The fourth-order valence-electron chi connectivity index (χ4n) is 1.56. The monoisotopic (exact) mass is 344 g/mol. The van der Waals surface area contributed by atoms with Crippen molar-refractivity contribution in [2.24, 2.45) is 0 Å². The van der Waals surface area contributed by atoms with E-state index in [-0.39, 0.29) is 17.6 Å². The molecule has 1 aromatic carbocycles. The SMILES string of the molecule is CCOCc1nc(Cl)cc(-c2cccc(Br)c2F)n1. The zero-order chi connectivity index (χ0) is 13.8. The summed E-state index contributed by atoms with van der Waals surface area (Å²) in [4.78, 5) is 8.31. The van der Waals surface area contributed by atoms with E-state index in [9.17, 15) is 4.39 Å². The Balaban J connectivity index is 2.44. The maximum atomic E-state index is 14.0. The van der Waals surface area contributed by atoms with Crippen LogP contribution in [0.5, 0.6) is 0 Å². The number of benzene rings is 1. The maximum absolute atomic E-state index is 14.0. The summed E-state index contributed by atoms with van der Waals surface area (Å²) in [5, 5.41) is 0.263. The van der Waals surface area contributed by atoms with Crippen LogP contribution in [0.3, 0.4) is 0 Å². The molecule has 19 heavy (non-hydrogen) atoms. The van der Waals surface area contributed by atoms with E-state index in [1.807, 2.05) is 6.92 Å². The van der Waals surface area contributed by atoms with Crippen molar-refractivity contribution in [1.29, 1.82) is 0 Å². The van der Waals surface area contributed by atoms with Crippen LogP contribution in [-0.2, 0) is 11.3 Å². The number of hydrogen-bond donors (Lipinski definition) is 0. The third kappa shape index (κ3) is 3.49. The molecule has 0 aliphatic carbocycles. The van der Waals surface area contributed by atoms with Crippen molar-refractivity contribution in [3.63, 3.8) is 0 Å². The Bertz CT molecular complexity index is 595. The summed E-state index contributed by atoms with van der Waals surface area (Å²) in [7, 11) is 0. The third-order valence-electron chi connectivity index (χ3n) is 2.40. The Morgan fingerprint density at radius 1 is 1.37 bits per heavy atom. The summed E-state index contributed by atoms with van der Waals surface area (Å²) < 4.78 is 19.6. The van der Waals surface area contributed by atoms with Crippen LogP contribution in [0.25, 0.3) is 11.3 Å². The first kappa shape index (κ1) is 14.4. The average molecular weight is 346 g/mol. The molecule has 0 amide bonds. The van der Waals surface area contributed by atoms with Crippen LogP contribution in [0.4, 0.5) is 4.39 Å². The number of ether oxygens (including phenoxy) is 1. The second kappa shape index (κ2) is 6.41. The largest absolute Gasteiger partial charge is 0.374 e. The van der Waals surface area contributed by atoms with Crippen molar-refractivity contribution >= 4 is 27.5 Å². The average Bonchev–Trinajstić information content (AvgIpc) is 2.39. The second-order valence-corrected chi connectivity index (χ2v) is 4.97. The summed E-state index contributed by atoms with van der Waals surface area (Å²) in [5.74, 6) is 0.0587. The maximum Gasteiger partial charge on any atom is 0.156 e. The van der Waals surface area contributed by atoms with Crippen LogP contribution in [0, 0.1) is 5.82 Å². The van der Waals surface area contributed by atoms with E-state index in [1.54, 1.807) is 18.2 Å². The first-order valence-electron chi connectivity index (χ1n) is 5.67. The van der Waals surface area contributed by atoms with Gasteiger partial charge in [0.2, 0.25) is 0 Å². The van der Waals surface area contributed by atoms with Crippen LogP contribution in [0.2, 0.25) is 5.15 Å². The molecule has 0 aliphatic rings. The lowest BCUT2D eigenvalue weighted by molar-refractivity contribution is 0.128. The van der Waals surface area contributed by atoms with Gasteiger partial charge in [-0.2, -0.15) is 0 Å². The molecule has 0 bridgehead atoms. The van der Waals surface area contributed by atoms with Crippen molar-refractivity contribution in [3.8, 4) is 11.3 Å². The Hall–Kier alpha value is -1.04. The summed E-state index contributed by atoms with van der Waals surface area (Å²) in [6.45, 7) is 2.68. The first-order valence-corrected chi connectivity index (χ1v) is 6.84. The van der Waals surface area contributed by atoms with Gasteiger partial charge in [0.15, 0.2) is 5.82 Å². The molecule has 0 saturated heterocycles. The number of halogens is 3. The molecule has 0 saturated carbocycles. The van der Waals surface area contributed by atoms with E-state index in [0.717, 1.165) is 0 Å². The van der Waals surface area contributed by atoms with Gasteiger partial charge in [0.1, 0.15) is 17.6 Å². The van der Waals surface area contributed by atoms with E-state index >= 15 is 0 Å². The van der Waals surface area contributed by atoms with Crippen LogP contribution < -0.4 is 0 Å². The van der Waals surface area contributed by atoms with Crippen molar-refractivity contribution in [3.05, 3.63) is 45.5 Å². The molecule has 0 atom stereocenters. The van der Waals surface area contributed by atoms with Crippen molar-refractivity contribution in [1.82, 2.24) is 9.97 Å². The molecular formula is C13H11BrClFN2O. The molecule has 3 nitrogen and oxygen atoms in total. The van der Waals surface area contributed by atoms with Gasteiger partial charge in [0.25, 0.3) is 0 Å². The molecule has 0 spiro atoms. The molecule has 0 N–H and O–H groups in total. The Morgan fingerprint density at radius 2 is 2.16 bits per heavy atom. The normalized spacial score (nSPS) is 10.7. The Morgan fingerprint density at radius 3 is 2.89 bits per heavy atom. The van der Waals surface area contributed by atoms with Crippen molar-refractivity contribution in [2.75, 3.05) is 6.61 Å². The fraction of sp³-hybridized carbons (Fsp3) is 0.231. The Labute approximate surface area is 123 Å². The first-order chi connectivity index (χ1) is 9.11. The van der Waals surface area contributed by atoms with Gasteiger partial charge in [-0.1, -0.05) is 17.7 Å². The van der Waals surface area contributed by atoms with Gasteiger partial charge in [-0.15, -0.1) is 0 Å². The quantitative estimate of drug-likeness (QED) is 0.778. The lowest BCUT2D eigenvalue weighted by Crippen LogP contribution is -2.01. The highest BCUT2D eigenvalue weighted by Gasteiger charge is 2.12. The predicted molar refractivity (Wildman–Crippen MR) is 75.5 cm³/mol. The molecule has 2 aromatic rings. The summed E-state index contributed by atoms with van der Waals surface area (Å²) in [5.41, 5.74) is 0.810. The highest BCUT2D eigenvalue weighted by Crippen LogP contribution is 2.27. The standard InChI is InChI=1S/C13H11BrClFN2O/c1-2-19-7-12-17-10(6-11(15)18-12)8-4-3-5-9(14)13(8)16/h3-6H,2,7H2,1H3. The summed E-state index contributed by atoms with van der Waals surface area (Å²) >= 11 is 9.08. The smallest absolute Gasteiger partial charge is 0.156 e. The van der Waals surface area contributed by atoms with E-state index in [1.165, 1.54) is 6.07 Å². The minimum atomic E-state index is -0.375. The van der Waals surface area contributed by atoms with Gasteiger partial charge in [-0.05, 0) is 35.0 Å². The molecular weight excluding hydrogens is 335 g/mol. The molecule has 0 fully saturated rings. The highest BCUT2D eigenvalue weighted by atomic mass is 79.9. The number of hydrogen-bond acceptors (Lipinski definition) is 3.